The summed E-state index contributed by atoms with van der Waals surface area (Å²) in [6.07, 6.45) is 1.22. The first-order chi connectivity index (χ1) is 13.1. The van der Waals surface area contributed by atoms with Gasteiger partial charge in [-0.25, -0.2) is 0 Å². The van der Waals surface area contributed by atoms with Crippen molar-refractivity contribution in [1.82, 2.24) is 4.90 Å². The highest BCUT2D eigenvalue weighted by atomic mass is 16.6. The summed E-state index contributed by atoms with van der Waals surface area (Å²) in [4.78, 5) is 17.3. The van der Waals surface area contributed by atoms with Gasteiger partial charge in [0.15, 0.2) is 6.29 Å². The van der Waals surface area contributed by atoms with Gasteiger partial charge in [-0.1, -0.05) is 18.2 Å². The van der Waals surface area contributed by atoms with Crippen LogP contribution in [0.2, 0.25) is 0 Å². The Morgan fingerprint density at radius 2 is 2.15 bits per heavy atom. The average Bonchev–Trinajstić information content (AvgIpc) is 3.21. The fraction of sp³-hybridized carbons (Fsp3) is 0.667. The van der Waals surface area contributed by atoms with E-state index in [-0.39, 0.29) is 29.4 Å². The second kappa shape index (κ2) is 5.32. The monoisotopic (exact) mass is 370 g/mol. The molecule has 5 aliphatic rings. The van der Waals surface area contributed by atoms with Crippen LogP contribution in [0.25, 0.3) is 0 Å². The molecular weight excluding hydrogens is 344 g/mol. The first kappa shape index (κ1) is 16.5. The van der Waals surface area contributed by atoms with Crippen LogP contribution in [0.3, 0.4) is 0 Å². The Morgan fingerprint density at radius 3 is 2.96 bits per heavy atom. The Balaban J connectivity index is 1.60. The van der Waals surface area contributed by atoms with Gasteiger partial charge in [-0.05, 0) is 43.9 Å². The fourth-order valence-corrected chi connectivity index (χ4v) is 7.50. The number of aliphatic hydroxyl groups excluding tert-OH is 2. The summed E-state index contributed by atoms with van der Waals surface area (Å²) in [5.41, 5.74) is 1.96. The summed E-state index contributed by atoms with van der Waals surface area (Å²) in [5.74, 6) is 0.362. The summed E-state index contributed by atoms with van der Waals surface area (Å²) < 4.78 is 6.00. The Bertz CT molecular complexity index is 815. The first-order valence-corrected chi connectivity index (χ1v) is 10.2. The molecule has 27 heavy (non-hydrogen) atoms. The van der Waals surface area contributed by atoms with Crippen LogP contribution >= 0.6 is 0 Å². The number of piperidine rings is 1. The van der Waals surface area contributed by atoms with Gasteiger partial charge in [0.05, 0.1) is 12.1 Å². The van der Waals surface area contributed by atoms with Crippen LogP contribution < -0.4 is 4.90 Å². The lowest BCUT2D eigenvalue weighted by Gasteiger charge is -2.61. The molecule has 0 radical (unpaired) electrons. The van der Waals surface area contributed by atoms with Gasteiger partial charge in [0.1, 0.15) is 6.61 Å². The number of para-hydroxylation sites is 1. The highest BCUT2D eigenvalue weighted by Gasteiger charge is 2.71. The molecule has 1 aliphatic carbocycles. The van der Waals surface area contributed by atoms with Crippen LogP contribution in [-0.4, -0.2) is 65.2 Å². The molecule has 2 N–H and O–H groups in total. The molecule has 4 heterocycles. The lowest BCUT2D eigenvalue weighted by molar-refractivity contribution is -0.260. The number of carbonyl (C=O) groups excluding carboxylic acids is 1. The molecule has 1 amide bonds. The molecule has 6 heteroatoms. The largest absolute Gasteiger partial charge is 0.387 e. The number of anilines is 1. The van der Waals surface area contributed by atoms with Crippen molar-refractivity contribution < 1.29 is 19.7 Å². The van der Waals surface area contributed by atoms with E-state index in [9.17, 15) is 15.0 Å². The van der Waals surface area contributed by atoms with Crippen molar-refractivity contribution >= 4 is 11.6 Å². The third-order valence-electron chi connectivity index (χ3n) is 8.36. The summed E-state index contributed by atoms with van der Waals surface area (Å²) >= 11 is 0. The quantitative estimate of drug-likeness (QED) is 0.762. The summed E-state index contributed by atoms with van der Waals surface area (Å²) in [6, 6.07) is 8.42. The second-order valence-electron chi connectivity index (χ2n) is 9.06. The van der Waals surface area contributed by atoms with Crippen LogP contribution in [0.15, 0.2) is 24.3 Å². The topological polar surface area (TPSA) is 73.2 Å². The van der Waals surface area contributed by atoms with E-state index in [4.69, 9.17) is 4.74 Å². The number of rotatable bonds is 1. The maximum atomic E-state index is 12.9. The lowest BCUT2D eigenvalue weighted by atomic mass is 9.53. The normalized spacial score (nSPS) is 46.9. The Morgan fingerprint density at radius 1 is 1.33 bits per heavy atom. The van der Waals surface area contributed by atoms with Gasteiger partial charge in [-0.15, -0.1) is 0 Å². The highest BCUT2D eigenvalue weighted by Crippen LogP contribution is 2.65. The maximum absolute atomic E-state index is 12.9. The van der Waals surface area contributed by atoms with E-state index in [1.54, 1.807) is 0 Å². The third-order valence-corrected chi connectivity index (χ3v) is 8.36. The molecule has 8 atom stereocenters. The smallest absolute Gasteiger partial charge is 0.252 e. The fourth-order valence-electron chi connectivity index (χ4n) is 7.50. The summed E-state index contributed by atoms with van der Waals surface area (Å²) in [5, 5.41) is 20.7. The minimum atomic E-state index is -0.862. The standard InChI is InChI=1S/C21H26N2O4/c1-11-13-9-22-7-6-21-14-4-2-3-5-15(14)23(17(25)10-24)19(21)18(20(26)27-11)12(13)8-16(21)22/h2-5,11-13,16,18-20,24,26H,6-10H2,1H3. The van der Waals surface area contributed by atoms with E-state index < -0.39 is 12.9 Å². The van der Waals surface area contributed by atoms with E-state index in [0.717, 1.165) is 31.6 Å². The molecule has 2 bridgehead atoms. The first-order valence-electron chi connectivity index (χ1n) is 10.2. The second-order valence-corrected chi connectivity index (χ2v) is 9.06. The van der Waals surface area contributed by atoms with Gasteiger partial charge in [-0.2, -0.15) is 0 Å². The molecule has 8 unspecified atom stereocenters. The molecule has 4 aliphatic heterocycles. The summed E-state index contributed by atoms with van der Waals surface area (Å²) in [7, 11) is 0. The molecule has 6 rings (SSSR count). The van der Waals surface area contributed by atoms with Crippen molar-refractivity contribution in [2.75, 3.05) is 24.6 Å². The van der Waals surface area contributed by atoms with Crippen molar-refractivity contribution in [3.8, 4) is 0 Å². The molecule has 6 nitrogen and oxygen atoms in total. The third kappa shape index (κ3) is 1.78. The van der Waals surface area contributed by atoms with Crippen molar-refractivity contribution in [1.29, 1.82) is 0 Å². The average molecular weight is 370 g/mol. The minimum absolute atomic E-state index is 0.0288. The van der Waals surface area contributed by atoms with Crippen LogP contribution in [0.1, 0.15) is 25.3 Å². The van der Waals surface area contributed by atoms with Crippen LogP contribution in [0.4, 0.5) is 5.69 Å². The SMILES string of the molecule is CC1OC(O)C2C3CC4N(CCC45c4ccccc4N(C(=O)CO)C25)CC13. The van der Waals surface area contributed by atoms with Crippen LogP contribution in [0.5, 0.6) is 0 Å². The van der Waals surface area contributed by atoms with E-state index in [1.165, 1.54) is 5.56 Å². The van der Waals surface area contributed by atoms with Gasteiger partial charge in [0.2, 0.25) is 0 Å². The van der Waals surface area contributed by atoms with Crippen LogP contribution in [-0.2, 0) is 14.9 Å². The molecule has 1 saturated carbocycles. The maximum Gasteiger partial charge on any atom is 0.252 e. The number of nitrogens with zero attached hydrogens (tertiary/aromatic N) is 2. The molecule has 4 fully saturated rings. The van der Waals surface area contributed by atoms with Crippen LogP contribution in [0, 0.1) is 17.8 Å². The summed E-state index contributed by atoms with van der Waals surface area (Å²) in [6.45, 7) is 3.60. The van der Waals surface area contributed by atoms with Gasteiger partial charge >= 0.3 is 0 Å². The van der Waals surface area contributed by atoms with Gasteiger partial charge < -0.3 is 19.8 Å². The molecular formula is C21H26N2O4. The Labute approximate surface area is 158 Å². The van der Waals surface area contributed by atoms with E-state index in [0.29, 0.717) is 17.9 Å². The molecule has 0 aromatic heterocycles. The van der Waals surface area contributed by atoms with Crippen molar-refractivity contribution in [3.63, 3.8) is 0 Å². The molecule has 1 spiro atoms. The molecule has 144 valence electrons. The lowest BCUT2D eigenvalue weighted by Crippen LogP contribution is -2.71. The zero-order chi connectivity index (χ0) is 18.5. The zero-order valence-corrected chi connectivity index (χ0v) is 15.5. The van der Waals surface area contributed by atoms with Crippen molar-refractivity contribution in [2.45, 2.75) is 49.7 Å². The number of fused-ring (bicyclic) bond motifs is 2. The Hall–Kier alpha value is -1.47. The zero-order valence-electron chi connectivity index (χ0n) is 15.5. The van der Waals surface area contributed by atoms with Crippen molar-refractivity contribution in [3.05, 3.63) is 29.8 Å². The van der Waals surface area contributed by atoms with Gasteiger partial charge in [-0.3, -0.25) is 9.69 Å². The van der Waals surface area contributed by atoms with E-state index >= 15 is 0 Å². The number of carbonyl (C=O) groups is 1. The van der Waals surface area contributed by atoms with Gasteiger partial charge in [0.25, 0.3) is 5.91 Å². The van der Waals surface area contributed by atoms with Crippen molar-refractivity contribution in [2.24, 2.45) is 17.8 Å². The van der Waals surface area contributed by atoms with E-state index in [2.05, 4.69) is 17.9 Å². The highest BCUT2D eigenvalue weighted by molar-refractivity contribution is 5.98. The predicted octanol–water partition coefficient (Wildman–Crippen LogP) is 0.709. The molecule has 1 aromatic rings. The molecule has 3 saturated heterocycles. The Kier molecular flexibility index (Phi) is 3.25. The van der Waals surface area contributed by atoms with Gasteiger partial charge in [0, 0.05) is 35.5 Å². The molecule has 1 aromatic carbocycles. The number of hydrogen-bond acceptors (Lipinski definition) is 5. The van der Waals surface area contributed by atoms with E-state index in [1.807, 2.05) is 23.1 Å². The minimum Gasteiger partial charge on any atom is -0.387 e. The number of ether oxygens (including phenoxy) is 1. The predicted molar refractivity (Wildman–Crippen MR) is 98.1 cm³/mol. The number of hydrogen-bond donors (Lipinski definition) is 2. The number of amides is 1. The number of benzene rings is 1. The number of aliphatic hydroxyl groups is 2.